The van der Waals surface area contributed by atoms with Gasteiger partial charge >= 0.3 is 0 Å². The third kappa shape index (κ3) is 6.45. The van der Waals surface area contributed by atoms with Crippen LogP contribution < -0.4 is 14.8 Å². The van der Waals surface area contributed by atoms with Crippen LogP contribution >= 0.6 is 0 Å². The Balaban J connectivity index is 2.22. The van der Waals surface area contributed by atoms with Crippen LogP contribution in [0.25, 0.3) is 0 Å². The summed E-state index contributed by atoms with van der Waals surface area (Å²) in [5, 5.41) is 12.1. The van der Waals surface area contributed by atoms with Crippen LogP contribution in [0, 0.1) is 5.92 Å². The number of ether oxygens (including phenoxy) is 2. The Hall–Kier alpha value is -1.26. The molecule has 0 radical (unpaired) electrons. The third-order valence-corrected chi connectivity index (χ3v) is 2.80. The van der Waals surface area contributed by atoms with Gasteiger partial charge in [-0.05, 0) is 37.9 Å². The fraction of sp³-hybridized carbons (Fsp3) is 0.600. The molecular formula is C15H25NO3. The highest BCUT2D eigenvalue weighted by Gasteiger charge is 2.03. The molecule has 1 aromatic rings. The first-order valence-corrected chi connectivity index (χ1v) is 6.94. The fourth-order valence-corrected chi connectivity index (χ4v) is 1.75. The summed E-state index contributed by atoms with van der Waals surface area (Å²) in [7, 11) is 0. The van der Waals surface area contributed by atoms with E-state index in [4.69, 9.17) is 14.6 Å². The minimum Gasteiger partial charge on any atom is -0.490 e. The Morgan fingerprint density at radius 3 is 2.53 bits per heavy atom. The van der Waals surface area contributed by atoms with Gasteiger partial charge in [0.2, 0.25) is 0 Å². The first-order valence-electron chi connectivity index (χ1n) is 6.94. The predicted molar refractivity (Wildman–Crippen MR) is 76.8 cm³/mol. The highest BCUT2D eigenvalue weighted by molar-refractivity contribution is 5.39. The second-order valence-electron chi connectivity index (χ2n) is 4.55. The lowest BCUT2D eigenvalue weighted by molar-refractivity contribution is 0.253. The van der Waals surface area contributed by atoms with Crippen molar-refractivity contribution in [2.45, 2.75) is 20.3 Å². The van der Waals surface area contributed by atoms with Crippen molar-refractivity contribution in [1.29, 1.82) is 0 Å². The van der Waals surface area contributed by atoms with Crippen molar-refractivity contribution in [2.24, 2.45) is 5.92 Å². The highest BCUT2D eigenvalue weighted by Crippen LogP contribution is 2.25. The highest BCUT2D eigenvalue weighted by atomic mass is 16.5. The lowest BCUT2D eigenvalue weighted by Gasteiger charge is -2.13. The summed E-state index contributed by atoms with van der Waals surface area (Å²) in [6, 6.07) is 7.70. The monoisotopic (exact) mass is 267 g/mol. The zero-order valence-electron chi connectivity index (χ0n) is 11.9. The van der Waals surface area contributed by atoms with E-state index in [1.807, 2.05) is 31.2 Å². The van der Waals surface area contributed by atoms with E-state index >= 15 is 0 Å². The van der Waals surface area contributed by atoms with E-state index in [2.05, 4.69) is 12.2 Å². The molecule has 1 rings (SSSR count). The average Bonchev–Trinajstić information content (AvgIpc) is 2.41. The fourth-order valence-electron chi connectivity index (χ4n) is 1.75. The van der Waals surface area contributed by atoms with Crippen LogP contribution in [0.2, 0.25) is 0 Å². The van der Waals surface area contributed by atoms with Gasteiger partial charge in [0.15, 0.2) is 11.5 Å². The molecule has 0 amide bonds. The third-order valence-electron chi connectivity index (χ3n) is 2.80. The lowest BCUT2D eigenvalue weighted by atomic mass is 10.1. The van der Waals surface area contributed by atoms with Crippen molar-refractivity contribution in [2.75, 3.05) is 32.9 Å². The predicted octanol–water partition coefficient (Wildman–Crippen LogP) is 2.07. The quantitative estimate of drug-likeness (QED) is 0.637. The minimum absolute atomic E-state index is 0.251. The van der Waals surface area contributed by atoms with Gasteiger partial charge in [0.05, 0.1) is 6.61 Å². The molecule has 0 aromatic heterocycles. The zero-order valence-corrected chi connectivity index (χ0v) is 11.9. The number of aliphatic hydroxyl groups excluding tert-OH is 1. The van der Waals surface area contributed by atoms with Gasteiger partial charge in [0.25, 0.3) is 0 Å². The van der Waals surface area contributed by atoms with E-state index in [0.29, 0.717) is 19.1 Å². The van der Waals surface area contributed by atoms with Gasteiger partial charge in [-0.1, -0.05) is 19.1 Å². The van der Waals surface area contributed by atoms with E-state index in [9.17, 15) is 0 Å². The average molecular weight is 267 g/mol. The van der Waals surface area contributed by atoms with E-state index in [1.54, 1.807) is 0 Å². The summed E-state index contributed by atoms with van der Waals surface area (Å²) in [6.07, 6.45) is 0.834. The molecule has 19 heavy (non-hydrogen) atoms. The van der Waals surface area contributed by atoms with Gasteiger partial charge < -0.3 is 19.9 Å². The molecule has 4 heteroatoms. The van der Waals surface area contributed by atoms with Gasteiger partial charge in [0, 0.05) is 13.2 Å². The van der Waals surface area contributed by atoms with Crippen molar-refractivity contribution < 1.29 is 14.6 Å². The molecule has 1 aromatic carbocycles. The number of hydrogen-bond acceptors (Lipinski definition) is 4. The summed E-state index contributed by atoms with van der Waals surface area (Å²) < 4.78 is 11.2. The maximum Gasteiger partial charge on any atom is 0.161 e. The summed E-state index contributed by atoms with van der Waals surface area (Å²) >= 11 is 0. The number of nitrogens with one attached hydrogen (secondary N) is 1. The van der Waals surface area contributed by atoms with Gasteiger partial charge in [0.1, 0.15) is 6.61 Å². The molecule has 0 bridgehead atoms. The number of para-hydroxylation sites is 2. The molecule has 0 aliphatic carbocycles. The smallest absolute Gasteiger partial charge is 0.161 e. The summed E-state index contributed by atoms with van der Waals surface area (Å²) in [4.78, 5) is 0. The van der Waals surface area contributed by atoms with Crippen LogP contribution in [0.15, 0.2) is 24.3 Å². The Kier molecular flexibility index (Phi) is 8.02. The molecule has 0 aliphatic heterocycles. The molecule has 1 atom stereocenters. The van der Waals surface area contributed by atoms with Crippen LogP contribution in [0.5, 0.6) is 11.5 Å². The molecule has 1 unspecified atom stereocenters. The molecule has 0 saturated carbocycles. The molecule has 0 aliphatic rings. The molecule has 108 valence electrons. The van der Waals surface area contributed by atoms with Gasteiger partial charge in [-0.25, -0.2) is 0 Å². The van der Waals surface area contributed by atoms with Crippen molar-refractivity contribution in [3.8, 4) is 11.5 Å². The number of benzene rings is 1. The summed E-state index contributed by atoms with van der Waals surface area (Å²) in [5.74, 6) is 2.06. The van der Waals surface area contributed by atoms with Crippen molar-refractivity contribution in [3.63, 3.8) is 0 Å². The first-order chi connectivity index (χ1) is 9.27. The van der Waals surface area contributed by atoms with Crippen LogP contribution in [-0.4, -0.2) is 38.0 Å². The standard InChI is InChI=1S/C15H25NO3/c1-3-18-14-6-4-5-7-15(14)19-11-9-16-12-13(2)8-10-17/h4-7,13,16-17H,3,8-12H2,1-2H3. The van der Waals surface area contributed by atoms with E-state index in [1.165, 1.54) is 0 Å². The molecular weight excluding hydrogens is 242 g/mol. The van der Waals surface area contributed by atoms with Crippen molar-refractivity contribution in [1.82, 2.24) is 5.32 Å². The van der Waals surface area contributed by atoms with Crippen LogP contribution in [0.4, 0.5) is 0 Å². The van der Waals surface area contributed by atoms with Gasteiger partial charge in [-0.2, -0.15) is 0 Å². The molecule has 4 nitrogen and oxygen atoms in total. The van der Waals surface area contributed by atoms with E-state index < -0.39 is 0 Å². The van der Waals surface area contributed by atoms with E-state index in [-0.39, 0.29) is 6.61 Å². The number of aliphatic hydroxyl groups is 1. The van der Waals surface area contributed by atoms with Crippen LogP contribution in [0.3, 0.4) is 0 Å². The van der Waals surface area contributed by atoms with Gasteiger partial charge in [-0.3, -0.25) is 0 Å². The van der Waals surface area contributed by atoms with Crippen LogP contribution in [0.1, 0.15) is 20.3 Å². The van der Waals surface area contributed by atoms with E-state index in [0.717, 1.165) is 31.0 Å². The Labute approximate surface area is 115 Å². The topological polar surface area (TPSA) is 50.7 Å². The minimum atomic E-state index is 0.251. The molecule has 0 saturated heterocycles. The first kappa shape index (κ1) is 15.8. The lowest BCUT2D eigenvalue weighted by Crippen LogP contribution is -2.26. The summed E-state index contributed by atoms with van der Waals surface area (Å²) in [5.41, 5.74) is 0. The Bertz CT molecular complexity index is 344. The van der Waals surface area contributed by atoms with Crippen molar-refractivity contribution in [3.05, 3.63) is 24.3 Å². The SMILES string of the molecule is CCOc1ccccc1OCCNCC(C)CCO. The molecule has 2 N–H and O–H groups in total. The zero-order chi connectivity index (χ0) is 13.9. The summed E-state index contributed by atoms with van der Waals surface area (Å²) in [6.45, 7) is 7.26. The van der Waals surface area contributed by atoms with Crippen LogP contribution in [-0.2, 0) is 0 Å². The van der Waals surface area contributed by atoms with Gasteiger partial charge in [-0.15, -0.1) is 0 Å². The largest absolute Gasteiger partial charge is 0.490 e. The Morgan fingerprint density at radius 2 is 1.89 bits per heavy atom. The Morgan fingerprint density at radius 1 is 1.21 bits per heavy atom. The van der Waals surface area contributed by atoms with Crippen molar-refractivity contribution >= 4 is 0 Å². The molecule has 0 heterocycles. The number of rotatable bonds is 10. The molecule has 0 fully saturated rings. The second kappa shape index (κ2) is 9.64. The second-order valence-corrected chi connectivity index (χ2v) is 4.55. The maximum absolute atomic E-state index is 8.80. The normalized spacial score (nSPS) is 12.2. The maximum atomic E-state index is 8.80. The molecule has 0 spiro atoms. The number of hydrogen-bond donors (Lipinski definition) is 2.